The second kappa shape index (κ2) is 6.76. The van der Waals surface area contributed by atoms with Crippen LogP contribution in [0.1, 0.15) is 59.8 Å². The van der Waals surface area contributed by atoms with E-state index in [0.29, 0.717) is 29.5 Å². The van der Waals surface area contributed by atoms with Crippen molar-refractivity contribution < 1.29 is 4.79 Å². The largest absolute Gasteiger partial charge is 0.383 e. The van der Waals surface area contributed by atoms with Gasteiger partial charge in [-0.1, -0.05) is 19.3 Å². The van der Waals surface area contributed by atoms with E-state index < -0.39 is 0 Å². The SMILES string of the molecule is Cc1c(C(=O)NCc2cncnc2N)cnn1C1CCCCC1. The number of hydrogen-bond donors (Lipinski definition) is 2. The lowest BCUT2D eigenvalue weighted by atomic mass is 9.95. The van der Waals surface area contributed by atoms with E-state index in [1.807, 2.05) is 11.6 Å². The van der Waals surface area contributed by atoms with Crippen molar-refractivity contribution in [2.45, 2.75) is 51.6 Å². The summed E-state index contributed by atoms with van der Waals surface area (Å²) in [6.07, 6.45) is 10.7. The van der Waals surface area contributed by atoms with Crippen LogP contribution in [0.3, 0.4) is 0 Å². The van der Waals surface area contributed by atoms with E-state index >= 15 is 0 Å². The molecule has 1 fully saturated rings. The molecule has 2 heterocycles. The molecule has 23 heavy (non-hydrogen) atoms. The van der Waals surface area contributed by atoms with Crippen molar-refractivity contribution in [3.63, 3.8) is 0 Å². The van der Waals surface area contributed by atoms with Crippen molar-refractivity contribution in [2.24, 2.45) is 0 Å². The Morgan fingerprint density at radius 1 is 1.35 bits per heavy atom. The number of carbonyl (C=O) groups is 1. The zero-order valence-corrected chi connectivity index (χ0v) is 13.3. The van der Waals surface area contributed by atoms with E-state index in [-0.39, 0.29) is 5.91 Å². The van der Waals surface area contributed by atoms with Crippen LogP contribution in [0.5, 0.6) is 0 Å². The minimum atomic E-state index is -0.146. The lowest BCUT2D eigenvalue weighted by molar-refractivity contribution is 0.0950. The lowest BCUT2D eigenvalue weighted by Crippen LogP contribution is -2.24. The van der Waals surface area contributed by atoms with Gasteiger partial charge < -0.3 is 11.1 Å². The summed E-state index contributed by atoms with van der Waals surface area (Å²) >= 11 is 0. The molecule has 0 radical (unpaired) electrons. The van der Waals surface area contributed by atoms with Gasteiger partial charge in [0.1, 0.15) is 12.1 Å². The molecule has 0 bridgehead atoms. The topological polar surface area (TPSA) is 98.7 Å². The zero-order valence-electron chi connectivity index (χ0n) is 13.3. The van der Waals surface area contributed by atoms with Crippen molar-refractivity contribution in [2.75, 3.05) is 5.73 Å². The van der Waals surface area contributed by atoms with Crippen LogP contribution in [0.4, 0.5) is 5.82 Å². The summed E-state index contributed by atoms with van der Waals surface area (Å²) in [5.74, 6) is 0.239. The van der Waals surface area contributed by atoms with Gasteiger partial charge in [-0.05, 0) is 19.8 Å². The van der Waals surface area contributed by atoms with Gasteiger partial charge in [0.25, 0.3) is 5.91 Å². The maximum Gasteiger partial charge on any atom is 0.255 e. The van der Waals surface area contributed by atoms with Gasteiger partial charge in [-0.3, -0.25) is 9.48 Å². The van der Waals surface area contributed by atoms with Crippen LogP contribution in [-0.2, 0) is 6.54 Å². The van der Waals surface area contributed by atoms with E-state index in [2.05, 4.69) is 20.4 Å². The fourth-order valence-corrected chi connectivity index (χ4v) is 3.11. The highest BCUT2D eigenvalue weighted by Crippen LogP contribution is 2.29. The number of carbonyl (C=O) groups excluding carboxylic acids is 1. The number of aromatic nitrogens is 4. The minimum Gasteiger partial charge on any atom is -0.383 e. The van der Waals surface area contributed by atoms with Crippen molar-refractivity contribution in [1.29, 1.82) is 0 Å². The number of hydrogen-bond acceptors (Lipinski definition) is 5. The van der Waals surface area contributed by atoms with Crippen LogP contribution < -0.4 is 11.1 Å². The highest BCUT2D eigenvalue weighted by Gasteiger charge is 2.21. The van der Waals surface area contributed by atoms with Crippen LogP contribution in [0.15, 0.2) is 18.7 Å². The minimum absolute atomic E-state index is 0.146. The van der Waals surface area contributed by atoms with Crippen molar-refractivity contribution in [3.8, 4) is 0 Å². The van der Waals surface area contributed by atoms with Gasteiger partial charge in [-0.15, -0.1) is 0 Å². The second-order valence-electron chi connectivity index (χ2n) is 6.00. The van der Waals surface area contributed by atoms with E-state index in [4.69, 9.17) is 5.73 Å². The summed E-state index contributed by atoms with van der Waals surface area (Å²) in [7, 11) is 0. The summed E-state index contributed by atoms with van der Waals surface area (Å²) in [4.78, 5) is 20.2. The first kappa shape index (κ1) is 15.5. The normalized spacial score (nSPS) is 15.5. The van der Waals surface area contributed by atoms with Gasteiger partial charge in [-0.25, -0.2) is 9.97 Å². The molecular weight excluding hydrogens is 292 g/mol. The van der Waals surface area contributed by atoms with Crippen molar-refractivity contribution in [1.82, 2.24) is 25.1 Å². The molecule has 1 saturated carbocycles. The predicted octanol–water partition coefficient (Wildman–Crippen LogP) is 2.00. The van der Waals surface area contributed by atoms with Gasteiger partial charge in [0.15, 0.2) is 0 Å². The molecule has 1 amide bonds. The van der Waals surface area contributed by atoms with E-state index in [0.717, 1.165) is 18.5 Å². The molecule has 7 nitrogen and oxygen atoms in total. The molecule has 7 heteroatoms. The molecule has 0 atom stereocenters. The van der Waals surface area contributed by atoms with E-state index in [1.54, 1.807) is 12.4 Å². The smallest absolute Gasteiger partial charge is 0.255 e. The highest BCUT2D eigenvalue weighted by molar-refractivity contribution is 5.95. The molecule has 0 aromatic carbocycles. The summed E-state index contributed by atoms with van der Waals surface area (Å²) in [5, 5.41) is 7.30. The van der Waals surface area contributed by atoms with Gasteiger partial charge in [0.2, 0.25) is 0 Å². The number of nitrogens with zero attached hydrogens (tertiary/aromatic N) is 4. The highest BCUT2D eigenvalue weighted by atomic mass is 16.1. The Balaban J connectivity index is 1.68. The quantitative estimate of drug-likeness (QED) is 0.899. The summed E-state index contributed by atoms with van der Waals surface area (Å²) in [6, 6.07) is 0.420. The van der Waals surface area contributed by atoms with Crippen LogP contribution >= 0.6 is 0 Å². The van der Waals surface area contributed by atoms with Gasteiger partial charge >= 0.3 is 0 Å². The Morgan fingerprint density at radius 2 is 2.13 bits per heavy atom. The first-order valence-corrected chi connectivity index (χ1v) is 8.03. The van der Waals surface area contributed by atoms with Gasteiger partial charge in [-0.2, -0.15) is 5.10 Å². The molecule has 0 spiro atoms. The monoisotopic (exact) mass is 314 g/mol. The number of anilines is 1. The van der Waals surface area contributed by atoms with Crippen LogP contribution in [0.2, 0.25) is 0 Å². The predicted molar refractivity (Wildman–Crippen MR) is 86.7 cm³/mol. The first-order valence-electron chi connectivity index (χ1n) is 8.03. The zero-order chi connectivity index (χ0) is 16.2. The van der Waals surface area contributed by atoms with E-state index in [1.165, 1.54) is 25.6 Å². The molecule has 0 aliphatic heterocycles. The third kappa shape index (κ3) is 3.33. The average Bonchev–Trinajstić information content (AvgIpc) is 2.96. The molecule has 0 saturated heterocycles. The van der Waals surface area contributed by atoms with Gasteiger partial charge in [0, 0.05) is 24.0 Å². The standard InChI is InChI=1S/C16H22N6O/c1-11-14(9-21-22(11)13-5-3-2-4-6-13)16(23)19-8-12-7-18-10-20-15(12)17/h7,9-10,13H,2-6,8H2,1H3,(H,19,23)(H2,17,18,20). The van der Waals surface area contributed by atoms with Crippen LogP contribution in [-0.4, -0.2) is 25.7 Å². The fraction of sp³-hybridized carbons (Fsp3) is 0.500. The van der Waals surface area contributed by atoms with Crippen LogP contribution in [0, 0.1) is 6.92 Å². The molecule has 1 aliphatic carbocycles. The Morgan fingerprint density at radius 3 is 2.87 bits per heavy atom. The average molecular weight is 314 g/mol. The Kier molecular flexibility index (Phi) is 4.55. The third-order valence-electron chi connectivity index (χ3n) is 4.47. The molecule has 2 aromatic heterocycles. The molecule has 2 aromatic rings. The number of nitrogen functional groups attached to an aromatic ring is 1. The maximum absolute atomic E-state index is 12.4. The fourth-order valence-electron chi connectivity index (χ4n) is 3.11. The summed E-state index contributed by atoms with van der Waals surface area (Å²) in [5.41, 5.74) is 8.00. The number of amides is 1. The van der Waals surface area contributed by atoms with Crippen molar-refractivity contribution >= 4 is 11.7 Å². The second-order valence-corrected chi connectivity index (χ2v) is 6.00. The van der Waals surface area contributed by atoms with Crippen LogP contribution in [0.25, 0.3) is 0 Å². The molecule has 0 unspecified atom stereocenters. The van der Waals surface area contributed by atoms with Gasteiger partial charge in [0.05, 0.1) is 17.8 Å². The number of nitrogens with two attached hydrogens (primary N) is 1. The molecule has 1 aliphatic rings. The summed E-state index contributed by atoms with van der Waals surface area (Å²) in [6.45, 7) is 2.26. The first-order chi connectivity index (χ1) is 11.2. The third-order valence-corrected chi connectivity index (χ3v) is 4.47. The van der Waals surface area contributed by atoms with Crippen molar-refractivity contribution in [3.05, 3.63) is 35.5 Å². The van der Waals surface area contributed by atoms with E-state index in [9.17, 15) is 4.79 Å². The Labute approximate surface area is 135 Å². The Hall–Kier alpha value is -2.44. The maximum atomic E-state index is 12.4. The summed E-state index contributed by atoms with van der Waals surface area (Å²) < 4.78 is 2.01. The lowest BCUT2D eigenvalue weighted by Gasteiger charge is -2.23. The Bertz CT molecular complexity index is 690. The molecule has 3 rings (SSSR count). The molecule has 122 valence electrons. The molecule has 3 N–H and O–H groups in total. The molecular formula is C16H22N6O. The number of nitrogens with one attached hydrogen (secondary N) is 1. The number of rotatable bonds is 4.